The van der Waals surface area contributed by atoms with Crippen LogP contribution in [0.25, 0.3) is 11.3 Å². The molecule has 18 heteroatoms. The van der Waals surface area contributed by atoms with Crippen molar-refractivity contribution in [2.45, 2.75) is 69.9 Å². The predicted octanol–water partition coefficient (Wildman–Crippen LogP) is 6.41. The molecule has 1 fully saturated rings. The second-order valence-electron chi connectivity index (χ2n) is 18.5. The van der Waals surface area contributed by atoms with Crippen LogP contribution >= 0.6 is 23.2 Å². The zero-order valence-electron chi connectivity index (χ0n) is 42.3. The van der Waals surface area contributed by atoms with Crippen LogP contribution in [-0.2, 0) is 66.4 Å². The molecule has 0 saturated carbocycles. The van der Waals surface area contributed by atoms with Gasteiger partial charge in [0, 0.05) is 82.0 Å². The number of rotatable bonds is 15. The summed E-state index contributed by atoms with van der Waals surface area (Å²) in [5.74, 6) is -1.56. The first-order valence-corrected chi connectivity index (χ1v) is 24.6. The van der Waals surface area contributed by atoms with E-state index >= 15 is 4.79 Å². The van der Waals surface area contributed by atoms with Crippen LogP contribution in [0, 0.1) is 5.92 Å². The normalized spacial score (nSPS) is 20.1. The third-order valence-electron chi connectivity index (χ3n) is 13.0. The minimum absolute atomic E-state index is 0.0286. The topological polar surface area (TPSA) is 168 Å². The molecule has 0 bridgehead atoms. The van der Waals surface area contributed by atoms with Crippen LogP contribution in [0.5, 0.6) is 11.5 Å². The van der Waals surface area contributed by atoms with Crippen LogP contribution in [0.3, 0.4) is 0 Å². The highest BCUT2D eigenvalue weighted by Gasteiger charge is 2.37. The van der Waals surface area contributed by atoms with Gasteiger partial charge in [-0.05, 0) is 93.5 Å². The summed E-state index contributed by atoms with van der Waals surface area (Å²) >= 11 is 12.8. The molecule has 72 heavy (non-hydrogen) atoms. The number of methoxy groups -OCH3 is 2. The van der Waals surface area contributed by atoms with Gasteiger partial charge in [0.15, 0.2) is 0 Å². The lowest BCUT2D eigenvalue weighted by Crippen LogP contribution is -2.57. The lowest BCUT2D eigenvalue weighted by atomic mass is 9.93. The van der Waals surface area contributed by atoms with Crippen LogP contribution < -0.4 is 15.4 Å². The molecule has 0 spiro atoms. The molecule has 2 N–H and O–H groups in total. The zero-order valence-corrected chi connectivity index (χ0v) is 43.8. The Morgan fingerprint density at radius 1 is 0.750 bits per heavy atom. The Morgan fingerprint density at radius 2 is 1.40 bits per heavy atom. The molecule has 5 aromatic rings. The molecule has 1 aromatic heterocycles. The molecule has 1 saturated heterocycles. The predicted molar refractivity (Wildman–Crippen MR) is 277 cm³/mol. The molecule has 384 valence electrons. The van der Waals surface area contributed by atoms with Crippen molar-refractivity contribution in [3.05, 3.63) is 136 Å². The number of halogens is 2. The molecular weight excluding hydrogens is 960 g/mol. The van der Waals surface area contributed by atoms with E-state index in [0.717, 1.165) is 28.2 Å². The van der Waals surface area contributed by atoms with Gasteiger partial charge in [-0.1, -0.05) is 71.7 Å². The molecule has 5 amide bonds. The van der Waals surface area contributed by atoms with Crippen LogP contribution in [0.15, 0.2) is 103 Å². The number of carbonyl (C=O) groups excluding carboxylic acids is 5. The number of hydrogen-bond donors (Lipinski definition) is 2. The number of hydrogen-bond acceptors (Lipinski definition) is 10. The highest BCUT2D eigenvalue weighted by atomic mass is 35.5. The van der Waals surface area contributed by atoms with Crippen molar-refractivity contribution in [1.82, 2.24) is 39.8 Å². The molecule has 2 heterocycles. The molecular formula is C54H66Cl2N8O8. The Labute approximate surface area is 432 Å². The fraction of sp³-hybridized carbons (Fsp3) is 0.407. The molecule has 4 aromatic carbocycles. The summed E-state index contributed by atoms with van der Waals surface area (Å²) in [4.78, 5) is 84.0. The average Bonchev–Trinajstić information content (AvgIpc) is 3.72. The van der Waals surface area contributed by atoms with Crippen molar-refractivity contribution < 1.29 is 38.2 Å². The summed E-state index contributed by atoms with van der Waals surface area (Å²) in [6.45, 7) is 2.01. The summed E-state index contributed by atoms with van der Waals surface area (Å²) in [5.41, 5.74) is 4.03. The smallest absolute Gasteiger partial charge is 0.247 e. The van der Waals surface area contributed by atoms with Gasteiger partial charge in [0.1, 0.15) is 29.4 Å². The van der Waals surface area contributed by atoms with E-state index in [1.165, 1.54) is 28.9 Å². The van der Waals surface area contributed by atoms with E-state index in [4.69, 9.17) is 37.4 Å². The molecule has 0 radical (unpaired) electrons. The third-order valence-corrected chi connectivity index (χ3v) is 13.5. The van der Waals surface area contributed by atoms with Gasteiger partial charge in [0.25, 0.3) is 0 Å². The fourth-order valence-electron chi connectivity index (χ4n) is 8.74. The fourth-order valence-corrected chi connectivity index (χ4v) is 9.03. The van der Waals surface area contributed by atoms with Gasteiger partial charge in [0.05, 0.1) is 50.2 Å². The molecule has 1 aliphatic rings. The Hall–Kier alpha value is -6.30. The SMILES string of the molecule is COC[C@H]1CNC(=O)C[C@H](Cc2ccc(Cl)cc2)N(C)C(=O)[C@H](COC)NC(=O)[C@H](C)N(Cc2ccc(Cl)cc2Oc2ccc(-c3cnc(CN(C)C)n3C)cc2)C(=O)C[C@@H](Cc2ccccc2)C(=O)N1C. The summed E-state index contributed by atoms with van der Waals surface area (Å²) in [6.07, 6.45) is 1.90. The van der Waals surface area contributed by atoms with Crippen molar-refractivity contribution >= 4 is 52.7 Å². The van der Waals surface area contributed by atoms with Gasteiger partial charge in [-0.15, -0.1) is 0 Å². The maximum absolute atomic E-state index is 15.1. The summed E-state index contributed by atoms with van der Waals surface area (Å²) in [7, 11) is 12.1. The number of nitrogens with one attached hydrogen (secondary N) is 2. The Kier molecular flexibility index (Phi) is 19.8. The van der Waals surface area contributed by atoms with E-state index in [-0.39, 0.29) is 63.8 Å². The van der Waals surface area contributed by atoms with Gasteiger partial charge in [0.2, 0.25) is 29.5 Å². The van der Waals surface area contributed by atoms with E-state index in [1.807, 2.05) is 98.6 Å². The van der Waals surface area contributed by atoms with E-state index < -0.39 is 47.8 Å². The van der Waals surface area contributed by atoms with Gasteiger partial charge < -0.3 is 49.0 Å². The lowest BCUT2D eigenvalue weighted by molar-refractivity contribution is -0.147. The van der Waals surface area contributed by atoms with Crippen molar-refractivity contribution in [3.8, 4) is 22.8 Å². The molecule has 1 aliphatic heterocycles. The van der Waals surface area contributed by atoms with Crippen molar-refractivity contribution in [3.63, 3.8) is 0 Å². The minimum Gasteiger partial charge on any atom is -0.457 e. The first-order valence-electron chi connectivity index (χ1n) is 23.8. The number of benzene rings is 4. The largest absolute Gasteiger partial charge is 0.457 e. The minimum atomic E-state index is -1.21. The molecule has 0 unspecified atom stereocenters. The number of likely N-dealkylation sites (N-methyl/N-ethyl adjacent to an activating group) is 2. The third kappa shape index (κ3) is 14.7. The Morgan fingerprint density at radius 3 is 2.07 bits per heavy atom. The number of carbonyl (C=O) groups is 5. The van der Waals surface area contributed by atoms with E-state index in [0.29, 0.717) is 33.7 Å². The first kappa shape index (κ1) is 55.0. The van der Waals surface area contributed by atoms with Gasteiger partial charge >= 0.3 is 0 Å². The summed E-state index contributed by atoms with van der Waals surface area (Å²) < 4.78 is 19.6. The second kappa shape index (κ2) is 25.9. The quantitative estimate of drug-likeness (QED) is 0.120. The highest BCUT2D eigenvalue weighted by molar-refractivity contribution is 6.31. The maximum Gasteiger partial charge on any atom is 0.247 e. The average molecular weight is 1030 g/mol. The van der Waals surface area contributed by atoms with Gasteiger partial charge in [-0.25, -0.2) is 4.98 Å². The Balaban J connectivity index is 1.38. The first-order chi connectivity index (χ1) is 34.5. The standard InChI is InChI=1S/C54H66Cl2N8O8/c1-35-52(67)59-46(34-71-8)54(69)61(4)43(25-37-14-19-41(55)20-15-37)28-50(65)58-29-44(33-70-7)62(5)53(68)40(24-36-12-10-9-11-13-36)26-51(66)64(35)31-39-16-21-42(56)27-48(39)72-45-22-17-38(18-23-45)47-30-57-49(63(47)6)32-60(2)3/h9-23,27,30,35,40,43-44,46H,24-26,28-29,31-34H2,1-8H3,(H,58,65)(H,59,67)/t35-,40+,43-,44+,46-/m0/s1. The maximum atomic E-state index is 15.1. The van der Waals surface area contributed by atoms with E-state index in [9.17, 15) is 19.2 Å². The number of aromatic nitrogens is 2. The highest BCUT2D eigenvalue weighted by Crippen LogP contribution is 2.33. The van der Waals surface area contributed by atoms with Crippen molar-refractivity contribution in [1.29, 1.82) is 0 Å². The molecule has 16 nitrogen and oxygen atoms in total. The zero-order chi connectivity index (χ0) is 52.1. The number of nitrogens with zero attached hydrogens (tertiary/aromatic N) is 6. The van der Waals surface area contributed by atoms with Gasteiger partial charge in [-0.2, -0.15) is 0 Å². The van der Waals surface area contributed by atoms with Gasteiger partial charge in [-0.3, -0.25) is 24.0 Å². The summed E-state index contributed by atoms with van der Waals surface area (Å²) in [5, 5.41) is 6.74. The lowest BCUT2D eigenvalue weighted by Gasteiger charge is -2.35. The van der Waals surface area contributed by atoms with Crippen LogP contribution in [-0.4, -0.2) is 145 Å². The van der Waals surface area contributed by atoms with Crippen LogP contribution in [0.1, 0.15) is 42.3 Å². The van der Waals surface area contributed by atoms with Crippen LogP contribution in [0.2, 0.25) is 10.0 Å². The number of imidazole rings is 1. The second-order valence-corrected chi connectivity index (χ2v) is 19.4. The van der Waals surface area contributed by atoms with Crippen molar-refractivity contribution in [2.24, 2.45) is 13.0 Å². The van der Waals surface area contributed by atoms with E-state index in [1.54, 1.807) is 51.4 Å². The summed E-state index contributed by atoms with van der Waals surface area (Å²) in [6, 6.07) is 25.3. The molecule has 0 aliphatic carbocycles. The van der Waals surface area contributed by atoms with Crippen LogP contribution in [0.4, 0.5) is 0 Å². The number of ether oxygens (including phenoxy) is 3. The molecule has 6 rings (SSSR count). The Bertz CT molecular complexity index is 2630. The van der Waals surface area contributed by atoms with Crippen molar-refractivity contribution in [2.75, 3.05) is 62.2 Å². The molecule has 5 atom stereocenters. The number of amides is 5. The van der Waals surface area contributed by atoms with E-state index in [2.05, 4.69) is 20.5 Å². The monoisotopic (exact) mass is 1020 g/mol.